The van der Waals surface area contributed by atoms with Gasteiger partial charge in [0.15, 0.2) is 0 Å². The fourth-order valence-electron chi connectivity index (χ4n) is 1.61. The number of carbonyl (C=O) groups excluding carboxylic acids is 1. The van der Waals surface area contributed by atoms with Gasteiger partial charge in [0, 0.05) is 30.4 Å². The van der Waals surface area contributed by atoms with Crippen LogP contribution >= 0.6 is 15.9 Å². The third kappa shape index (κ3) is 4.82. The minimum atomic E-state index is -0.0351. The average Bonchev–Trinajstić information content (AvgIpc) is 2.69. The van der Waals surface area contributed by atoms with E-state index in [2.05, 4.69) is 21.2 Å². The molecule has 0 aromatic carbocycles. The van der Waals surface area contributed by atoms with Crippen LogP contribution in [0.25, 0.3) is 0 Å². The van der Waals surface area contributed by atoms with Crippen LogP contribution in [-0.2, 0) is 11.3 Å². The Morgan fingerprint density at radius 3 is 2.89 bits per heavy atom. The molecule has 4 nitrogen and oxygen atoms in total. The highest BCUT2D eigenvalue weighted by molar-refractivity contribution is 9.10. The lowest BCUT2D eigenvalue weighted by Crippen LogP contribution is -2.27. The monoisotopic (exact) mass is 316 g/mol. The van der Waals surface area contributed by atoms with E-state index in [0.717, 1.165) is 17.4 Å². The van der Waals surface area contributed by atoms with Gasteiger partial charge in [-0.25, -0.2) is 0 Å². The summed E-state index contributed by atoms with van der Waals surface area (Å²) in [6, 6.07) is 1.84. The molecule has 1 heterocycles. The summed E-state index contributed by atoms with van der Waals surface area (Å²) in [4.78, 5) is 11.9. The van der Waals surface area contributed by atoms with E-state index in [4.69, 9.17) is 4.74 Å². The molecule has 0 fully saturated rings. The van der Waals surface area contributed by atoms with Crippen molar-refractivity contribution in [2.75, 3.05) is 13.2 Å². The van der Waals surface area contributed by atoms with Crippen molar-refractivity contribution in [3.63, 3.8) is 0 Å². The Labute approximate surface area is 117 Å². The molecule has 0 saturated carbocycles. The van der Waals surface area contributed by atoms with Gasteiger partial charge >= 0.3 is 0 Å². The van der Waals surface area contributed by atoms with Crippen molar-refractivity contribution >= 4 is 21.8 Å². The van der Waals surface area contributed by atoms with Gasteiger partial charge in [-0.15, -0.1) is 0 Å². The molecular formula is C13H21BrN2O2. The van der Waals surface area contributed by atoms with Crippen LogP contribution in [-0.4, -0.2) is 29.7 Å². The van der Waals surface area contributed by atoms with Crippen molar-refractivity contribution in [3.8, 4) is 0 Å². The minimum Gasteiger partial charge on any atom is -0.379 e. The molecule has 1 aromatic rings. The summed E-state index contributed by atoms with van der Waals surface area (Å²) >= 11 is 3.38. The van der Waals surface area contributed by atoms with E-state index in [-0.39, 0.29) is 12.0 Å². The molecule has 0 spiro atoms. The summed E-state index contributed by atoms with van der Waals surface area (Å²) in [7, 11) is 0. The van der Waals surface area contributed by atoms with Gasteiger partial charge in [0.05, 0.1) is 6.10 Å². The van der Waals surface area contributed by atoms with Crippen LogP contribution in [0.5, 0.6) is 0 Å². The Hall–Kier alpha value is -0.810. The smallest absolute Gasteiger partial charge is 0.267 e. The molecule has 0 unspecified atom stereocenters. The Morgan fingerprint density at radius 2 is 2.28 bits per heavy atom. The fraction of sp³-hybridized carbons (Fsp3) is 0.615. The van der Waals surface area contributed by atoms with Gasteiger partial charge in [-0.05, 0) is 49.2 Å². The van der Waals surface area contributed by atoms with Crippen molar-refractivity contribution in [1.82, 2.24) is 9.88 Å². The van der Waals surface area contributed by atoms with Crippen LogP contribution in [0.1, 0.15) is 37.7 Å². The lowest BCUT2D eigenvalue weighted by molar-refractivity contribution is 0.0756. The molecule has 0 bridgehead atoms. The summed E-state index contributed by atoms with van der Waals surface area (Å²) in [6.07, 6.45) is 2.99. The molecule has 0 aliphatic heterocycles. The standard InChI is InChI=1S/C13H21BrN2O2/c1-4-16-9-11(14)8-12(16)13(17)15-6-5-7-18-10(2)3/h8-10H,4-7H2,1-3H3,(H,15,17). The Balaban J connectivity index is 2.36. The SMILES string of the molecule is CCn1cc(Br)cc1C(=O)NCCCOC(C)C. The van der Waals surface area contributed by atoms with Crippen molar-refractivity contribution < 1.29 is 9.53 Å². The highest BCUT2D eigenvalue weighted by atomic mass is 79.9. The predicted octanol–water partition coefficient (Wildman–Crippen LogP) is 2.82. The Bertz CT molecular complexity index is 388. The molecular weight excluding hydrogens is 296 g/mol. The highest BCUT2D eigenvalue weighted by Gasteiger charge is 2.11. The van der Waals surface area contributed by atoms with E-state index in [1.165, 1.54) is 0 Å². The number of aryl methyl sites for hydroxylation is 1. The third-order valence-corrected chi connectivity index (χ3v) is 2.93. The quantitative estimate of drug-likeness (QED) is 0.786. The predicted molar refractivity (Wildman–Crippen MR) is 75.8 cm³/mol. The number of hydrogen-bond donors (Lipinski definition) is 1. The first-order chi connectivity index (χ1) is 8.54. The van der Waals surface area contributed by atoms with Crippen LogP contribution in [0.2, 0.25) is 0 Å². The normalized spacial score (nSPS) is 10.9. The molecule has 102 valence electrons. The van der Waals surface area contributed by atoms with Gasteiger partial charge in [0.2, 0.25) is 0 Å². The molecule has 5 heteroatoms. The maximum absolute atomic E-state index is 11.9. The number of carbonyl (C=O) groups is 1. The number of halogens is 1. The summed E-state index contributed by atoms with van der Waals surface area (Å²) in [5.74, 6) is -0.0351. The van der Waals surface area contributed by atoms with Gasteiger partial charge in [0.1, 0.15) is 5.69 Å². The lowest BCUT2D eigenvalue weighted by Gasteiger charge is -2.09. The number of amides is 1. The zero-order chi connectivity index (χ0) is 13.5. The van der Waals surface area contributed by atoms with Crippen molar-refractivity contribution in [2.24, 2.45) is 0 Å². The molecule has 1 N–H and O–H groups in total. The van der Waals surface area contributed by atoms with E-state index < -0.39 is 0 Å². The average molecular weight is 317 g/mol. The molecule has 0 atom stereocenters. The number of nitrogens with zero attached hydrogens (tertiary/aromatic N) is 1. The fourth-order valence-corrected chi connectivity index (χ4v) is 2.07. The van der Waals surface area contributed by atoms with E-state index in [0.29, 0.717) is 18.8 Å². The van der Waals surface area contributed by atoms with Gasteiger partial charge in [-0.1, -0.05) is 0 Å². The molecule has 0 radical (unpaired) electrons. The maximum atomic E-state index is 11.9. The number of nitrogens with one attached hydrogen (secondary N) is 1. The number of hydrogen-bond acceptors (Lipinski definition) is 2. The second kappa shape index (κ2) is 7.59. The van der Waals surface area contributed by atoms with Gasteiger partial charge in [-0.2, -0.15) is 0 Å². The molecule has 1 rings (SSSR count). The first kappa shape index (κ1) is 15.2. The zero-order valence-corrected chi connectivity index (χ0v) is 12.8. The second-order valence-corrected chi connectivity index (χ2v) is 5.27. The van der Waals surface area contributed by atoms with Crippen LogP contribution in [0, 0.1) is 0 Å². The highest BCUT2D eigenvalue weighted by Crippen LogP contribution is 2.14. The zero-order valence-electron chi connectivity index (χ0n) is 11.2. The van der Waals surface area contributed by atoms with Crippen LogP contribution in [0.3, 0.4) is 0 Å². The van der Waals surface area contributed by atoms with Crippen LogP contribution in [0.4, 0.5) is 0 Å². The van der Waals surface area contributed by atoms with E-state index >= 15 is 0 Å². The third-order valence-electron chi connectivity index (χ3n) is 2.49. The maximum Gasteiger partial charge on any atom is 0.267 e. The summed E-state index contributed by atoms with van der Waals surface area (Å²) in [5.41, 5.74) is 0.689. The number of ether oxygens (including phenoxy) is 1. The van der Waals surface area contributed by atoms with E-state index in [1.54, 1.807) is 0 Å². The first-order valence-corrected chi connectivity index (χ1v) is 7.09. The summed E-state index contributed by atoms with van der Waals surface area (Å²) in [6.45, 7) is 8.12. The Kier molecular flexibility index (Phi) is 6.43. The second-order valence-electron chi connectivity index (χ2n) is 4.36. The summed E-state index contributed by atoms with van der Waals surface area (Å²) in [5, 5.41) is 2.90. The molecule has 18 heavy (non-hydrogen) atoms. The first-order valence-electron chi connectivity index (χ1n) is 6.30. The lowest BCUT2D eigenvalue weighted by atomic mass is 10.3. The topological polar surface area (TPSA) is 43.3 Å². The van der Waals surface area contributed by atoms with E-state index in [9.17, 15) is 4.79 Å². The molecule has 0 aliphatic carbocycles. The van der Waals surface area contributed by atoms with Crippen molar-refractivity contribution in [1.29, 1.82) is 0 Å². The largest absolute Gasteiger partial charge is 0.379 e. The molecule has 0 saturated heterocycles. The van der Waals surface area contributed by atoms with Crippen LogP contribution < -0.4 is 5.32 Å². The molecule has 1 amide bonds. The molecule has 0 aliphatic rings. The Morgan fingerprint density at radius 1 is 1.56 bits per heavy atom. The number of rotatable bonds is 7. The molecule has 1 aromatic heterocycles. The van der Waals surface area contributed by atoms with Crippen molar-refractivity contribution in [3.05, 3.63) is 22.4 Å². The van der Waals surface area contributed by atoms with Gasteiger partial charge < -0.3 is 14.6 Å². The van der Waals surface area contributed by atoms with Gasteiger partial charge in [-0.3, -0.25) is 4.79 Å². The van der Waals surface area contributed by atoms with Crippen molar-refractivity contribution in [2.45, 2.75) is 39.8 Å². The summed E-state index contributed by atoms with van der Waals surface area (Å²) < 4.78 is 8.26. The number of aromatic nitrogens is 1. The van der Waals surface area contributed by atoms with Gasteiger partial charge in [0.25, 0.3) is 5.91 Å². The van der Waals surface area contributed by atoms with E-state index in [1.807, 2.05) is 37.6 Å². The van der Waals surface area contributed by atoms with Crippen LogP contribution in [0.15, 0.2) is 16.7 Å². The minimum absolute atomic E-state index is 0.0351.